The van der Waals surface area contributed by atoms with Crippen LogP contribution in [0, 0.1) is 51.0 Å². The van der Waals surface area contributed by atoms with Gasteiger partial charge in [-0.2, -0.15) is 26.3 Å². The number of carbonyl (C=O) groups excluding carboxylic acids is 3. The van der Waals surface area contributed by atoms with E-state index in [1.807, 2.05) is 0 Å². The van der Waals surface area contributed by atoms with Crippen molar-refractivity contribution in [2.24, 2.45) is 0 Å². The van der Waals surface area contributed by atoms with Gasteiger partial charge in [0.2, 0.25) is 0 Å². The summed E-state index contributed by atoms with van der Waals surface area (Å²) >= 11 is 0. The molecule has 4 aliphatic rings. The summed E-state index contributed by atoms with van der Waals surface area (Å²) in [4.78, 5) is 55.2. The number of esters is 1. The van der Waals surface area contributed by atoms with Crippen molar-refractivity contribution >= 4 is 23.8 Å². The first-order valence-electron chi connectivity index (χ1n) is 28.7. The Morgan fingerprint density at radius 1 is 0.538 bits per heavy atom. The predicted molar refractivity (Wildman–Crippen MR) is 309 cm³/mol. The van der Waals surface area contributed by atoms with E-state index >= 15 is 35.1 Å². The third-order valence-corrected chi connectivity index (χ3v) is 16.3. The summed E-state index contributed by atoms with van der Waals surface area (Å²) in [7, 11) is 1.05. The number of hydrogen-bond donors (Lipinski definition) is 1. The first-order valence-corrected chi connectivity index (χ1v) is 28.7. The number of carboxylic acids is 1. The second-order valence-corrected chi connectivity index (χ2v) is 24.5. The topological polar surface area (TPSA) is 171 Å². The van der Waals surface area contributed by atoms with Gasteiger partial charge in [-0.3, -0.25) is 9.59 Å². The van der Waals surface area contributed by atoms with E-state index in [-0.39, 0.29) is 110 Å². The number of halogens is 10. The van der Waals surface area contributed by atoms with Crippen molar-refractivity contribution in [3.05, 3.63) is 173 Å². The van der Waals surface area contributed by atoms with E-state index in [1.165, 1.54) is 56.9 Å². The molecule has 0 saturated heterocycles. The van der Waals surface area contributed by atoms with Crippen molar-refractivity contribution in [3.8, 4) is 33.8 Å². The van der Waals surface area contributed by atoms with Gasteiger partial charge < -0.3 is 44.1 Å². The molecule has 0 unspecified atom stereocenters. The van der Waals surface area contributed by atoms with Crippen LogP contribution in [0.1, 0.15) is 165 Å². The molecule has 0 fully saturated rings. The summed E-state index contributed by atoms with van der Waals surface area (Å²) in [6.45, 7) is 15.0. The van der Waals surface area contributed by atoms with Crippen LogP contribution in [0.15, 0.2) is 60.7 Å². The third kappa shape index (κ3) is 14.2. The number of ether oxygens (including phenoxy) is 5. The number of amides is 2. The number of nitrogens with zero attached hydrogens (tertiary/aromatic N) is 2. The van der Waals surface area contributed by atoms with Gasteiger partial charge in [0.15, 0.2) is 35.3 Å². The summed E-state index contributed by atoms with van der Waals surface area (Å²) in [6.07, 6.45) is -12.0. The van der Waals surface area contributed by atoms with Crippen molar-refractivity contribution in [2.45, 2.75) is 157 Å². The van der Waals surface area contributed by atoms with Crippen LogP contribution in [0.5, 0.6) is 11.5 Å². The number of carboxylic acid groups (broad SMARTS) is 1. The maximum Gasteiger partial charge on any atom is 1.00 e. The molecule has 2 amide bonds. The number of fused-ring (bicyclic) bond motifs is 4. The molecule has 0 saturated carbocycles. The molecule has 91 heavy (non-hydrogen) atoms. The molecule has 0 radical (unpaired) electrons. The molecule has 2 atom stereocenters. The maximum atomic E-state index is 15.6. The smallest absolute Gasteiger partial charge is 0.870 e. The van der Waals surface area contributed by atoms with Crippen LogP contribution in [0.2, 0.25) is 0 Å². The molecule has 0 aromatic heterocycles. The van der Waals surface area contributed by atoms with Crippen molar-refractivity contribution in [1.82, 2.24) is 9.80 Å². The van der Waals surface area contributed by atoms with Gasteiger partial charge in [0.25, 0.3) is 11.8 Å². The molecule has 24 heteroatoms. The van der Waals surface area contributed by atoms with Gasteiger partial charge in [0.05, 0.1) is 42.7 Å². The third-order valence-electron chi connectivity index (χ3n) is 16.3. The van der Waals surface area contributed by atoms with E-state index in [2.05, 4.69) is 0 Å². The van der Waals surface area contributed by atoms with E-state index in [1.54, 1.807) is 41.5 Å². The zero-order valence-electron chi connectivity index (χ0n) is 52.2. The van der Waals surface area contributed by atoms with Gasteiger partial charge in [0, 0.05) is 59.6 Å². The first-order chi connectivity index (χ1) is 41.5. The Morgan fingerprint density at radius 3 is 1.24 bits per heavy atom. The Kier molecular flexibility index (Phi) is 20.8. The van der Waals surface area contributed by atoms with Gasteiger partial charge in [0.1, 0.15) is 11.6 Å². The largest absolute Gasteiger partial charge is 1.00 e. The molecule has 10 rings (SSSR count). The molecule has 0 bridgehead atoms. The SMILES string of the molecule is COC(=O)[C@@H](OC(C)(C)C)c1c(-c2cc(F)c3c(c2C)CCCO3)c(C)c2c(c1C(F)(F)F)CN(C(=O)c1cccc(F)c1)C2.Cc1c(-c2c(C)c3c(c(C(F)(F)F)c2[C@H](OC(C)(C)C)C(=O)O)CN(C(=O)c2cccc(F)c2)C3)cc(F)c2c1CCCO2.[Li+].[OH-]. The number of rotatable bonds is 10. The summed E-state index contributed by atoms with van der Waals surface area (Å²) < 4.78 is 179. The average Bonchev–Trinajstić information content (AvgIpc) is 0.980. The van der Waals surface area contributed by atoms with Crippen molar-refractivity contribution < 1.29 is 116 Å². The maximum absolute atomic E-state index is 15.6. The van der Waals surface area contributed by atoms with Crippen LogP contribution in [0.3, 0.4) is 0 Å². The molecule has 2 N–H and O–H groups in total. The summed E-state index contributed by atoms with van der Waals surface area (Å²) in [5.41, 5.74) is -3.34. The summed E-state index contributed by atoms with van der Waals surface area (Å²) in [6, 6.07) is 12.0. The molecule has 6 aromatic carbocycles. The van der Waals surface area contributed by atoms with Crippen LogP contribution >= 0.6 is 0 Å². The van der Waals surface area contributed by atoms with E-state index < -0.39 is 118 Å². The fraction of sp³-hybridized carbons (Fsp3) is 0.403. The minimum atomic E-state index is -5.08. The molecular weight excluding hydrogens is 1210 g/mol. The predicted octanol–water partition coefficient (Wildman–Crippen LogP) is 12.3. The van der Waals surface area contributed by atoms with Crippen LogP contribution in [-0.4, -0.2) is 75.7 Å². The molecule has 4 heterocycles. The first kappa shape index (κ1) is 71.0. The quantitative estimate of drug-likeness (QED) is 0.0786. The van der Waals surface area contributed by atoms with Crippen molar-refractivity contribution in [1.29, 1.82) is 0 Å². The molecule has 6 aromatic rings. The van der Waals surface area contributed by atoms with Gasteiger partial charge >= 0.3 is 43.2 Å². The monoisotopic (exact) mass is 1270 g/mol. The second-order valence-electron chi connectivity index (χ2n) is 24.5. The van der Waals surface area contributed by atoms with Crippen LogP contribution in [0.4, 0.5) is 43.9 Å². The minimum Gasteiger partial charge on any atom is -0.870 e. The summed E-state index contributed by atoms with van der Waals surface area (Å²) in [5, 5.41) is 10.3. The average molecular weight is 1270 g/mol. The van der Waals surface area contributed by atoms with E-state index in [0.29, 0.717) is 66.7 Å². The van der Waals surface area contributed by atoms with E-state index in [0.717, 1.165) is 48.4 Å². The van der Waals surface area contributed by atoms with Crippen LogP contribution in [-0.2, 0) is 75.2 Å². The number of hydrogen-bond acceptors (Lipinski definition) is 10. The molecule has 13 nitrogen and oxygen atoms in total. The Bertz CT molecular complexity index is 3870. The fourth-order valence-corrected chi connectivity index (χ4v) is 12.6. The van der Waals surface area contributed by atoms with Gasteiger partial charge in [-0.15, -0.1) is 0 Å². The van der Waals surface area contributed by atoms with Crippen LogP contribution < -0.4 is 28.3 Å². The molecule has 482 valence electrons. The Balaban J connectivity index is 0.000000253. The minimum absolute atomic E-state index is 0. The fourth-order valence-electron chi connectivity index (χ4n) is 12.6. The molecule has 4 aliphatic heterocycles. The Morgan fingerprint density at radius 2 is 0.901 bits per heavy atom. The Labute approximate surface area is 531 Å². The number of alkyl halides is 6. The standard InChI is InChI=1S/C34H34F5NO5.C33H32F5NO5.Li.H2O/c1-17-21-11-8-12-44-29(21)25(36)14-22(17)26-18(2)23-15-40(31(41)19-9-7-10-20(35)13-19)16-24(23)28(34(37,38)39)27(26)30(32(42)43-6)45-33(3,4)5;1-16-20-10-7-11-43-28(20)24(35)13-21(16)25-17(2)22-14-39(30(40)18-8-6-9-19(34)12-18)15-23(22)27(33(36,37)38)26(25)29(31(41)42)44-32(3,4)5;;/h7,9-10,13-14,30H,8,11-12,15-16H2,1-6H3;6,8-9,12-13,29H,7,10-11,14-15H2,1-5H3,(H,41,42);;1H2/q;;+1;/p-1/t30-;29-;;/m00../s1. The molecule has 0 spiro atoms. The molecule has 0 aliphatic carbocycles. The Hall–Kier alpha value is -7.42. The van der Waals surface area contributed by atoms with Gasteiger partial charge in [-0.05, 0) is 210 Å². The number of methoxy groups -OCH3 is 1. The number of aliphatic carboxylic acids is 1. The van der Waals surface area contributed by atoms with Crippen LogP contribution in [0.25, 0.3) is 22.3 Å². The van der Waals surface area contributed by atoms with E-state index in [4.69, 9.17) is 23.7 Å². The zero-order valence-corrected chi connectivity index (χ0v) is 52.2. The number of carbonyl (C=O) groups is 4. The van der Waals surface area contributed by atoms with Crippen molar-refractivity contribution in [3.63, 3.8) is 0 Å². The summed E-state index contributed by atoms with van der Waals surface area (Å²) in [5.74, 6) is -6.84. The van der Waals surface area contributed by atoms with Gasteiger partial charge in [-0.1, -0.05) is 12.1 Å². The number of benzene rings is 6. The normalized spacial score (nSPS) is 15.0. The van der Waals surface area contributed by atoms with Crippen molar-refractivity contribution in [2.75, 3.05) is 20.3 Å². The van der Waals surface area contributed by atoms with Gasteiger partial charge in [-0.25, -0.2) is 27.2 Å². The second kappa shape index (κ2) is 26.7. The van der Waals surface area contributed by atoms with E-state index in [9.17, 15) is 33.1 Å². The molecular formula is C67H67F10LiN2O11. The zero-order chi connectivity index (χ0) is 65.3.